The molecule has 0 radical (unpaired) electrons. The molecule has 1 aromatic heterocycles. The summed E-state index contributed by atoms with van der Waals surface area (Å²) in [7, 11) is 0. The van der Waals surface area contributed by atoms with Gasteiger partial charge in [0.05, 0.1) is 9.72 Å². The van der Waals surface area contributed by atoms with Crippen molar-refractivity contribution in [2.24, 2.45) is 0 Å². The molecule has 0 fully saturated rings. The van der Waals surface area contributed by atoms with Crippen LogP contribution in [0.1, 0.15) is 5.56 Å². The van der Waals surface area contributed by atoms with Gasteiger partial charge in [0.1, 0.15) is 0 Å². The summed E-state index contributed by atoms with van der Waals surface area (Å²) in [6.45, 7) is 0. The van der Waals surface area contributed by atoms with Gasteiger partial charge in [0.2, 0.25) is 0 Å². The van der Waals surface area contributed by atoms with Gasteiger partial charge in [-0.25, -0.2) is 0 Å². The van der Waals surface area contributed by atoms with Crippen LogP contribution in [0.25, 0.3) is 10.1 Å². The molecule has 0 bridgehead atoms. The number of alkyl halides is 1. The van der Waals surface area contributed by atoms with Crippen molar-refractivity contribution in [2.45, 2.75) is 5.88 Å². The van der Waals surface area contributed by atoms with Gasteiger partial charge < -0.3 is 0 Å². The zero-order valence-electron chi connectivity index (χ0n) is 6.18. The van der Waals surface area contributed by atoms with Crippen molar-refractivity contribution < 1.29 is 0 Å². The summed E-state index contributed by atoms with van der Waals surface area (Å²) in [5, 5.41) is 4.06. The van der Waals surface area contributed by atoms with Crippen LogP contribution in [0.3, 0.4) is 0 Å². The molecule has 12 heavy (non-hydrogen) atoms. The first-order valence-electron chi connectivity index (χ1n) is 3.53. The van der Waals surface area contributed by atoms with E-state index < -0.39 is 0 Å². The summed E-state index contributed by atoms with van der Waals surface area (Å²) >= 11 is 13.4. The van der Waals surface area contributed by atoms with E-state index in [1.807, 2.05) is 12.1 Å². The Kier molecular flexibility index (Phi) is 2.26. The van der Waals surface area contributed by atoms with Crippen LogP contribution in [0, 0.1) is 0 Å². The second kappa shape index (κ2) is 3.25. The summed E-state index contributed by atoms with van der Waals surface area (Å²) < 4.78 is 1.13. The fourth-order valence-electron chi connectivity index (χ4n) is 1.18. The molecule has 0 aliphatic rings. The number of rotatable bonds is 1. The van der Waals surface area contributed by atoms with Crippen molar-refractivity contribution in [3.63, 3.8) is 0 Å². The van der Waals surface area contributed by atoms with Gasteiger partial charge in [0, 0.05) is 5.88 Å². The molecular formula is C9H6Cl2S. The number of hydrogen-bond acceptors (Lipinski definition) is 1. The minimum absolute atomic E-state index is 0.556. The molecule has 0 saturated carbocycles. The van der Waals surface area contributed by atoms with Crippen molar-refractivity contribution >= 4 is 44.6 Å². The molecule has 3 heteroatoms. The molecule has 0 unspecified atom stereocenters. The van der Waals surface area contributed by atoms with E-state index in [9.17, 15) is 0 Å². The van der Waals surface area contributed by atoms with E-state index in [4.69, 9.17) is 23.2 Å². The minimum atomic E-state index is 0.556. The van der Waals surface area contributed by atoms with Crippen LogP contribution in [0.15, 0.2) is 23.6 Å². The maximum atomic E-state index is 5.99. The second-order valence-corrected chi connectivity index (χ2v) is 4.07. The van der Waals surface area contributed by atoms with Gasteiger partial charge in [0.25, 0.3) is 0 Å². The smallest absolute Gasteiger partial charge is 0.0584 e. The normalized spacial score (nSPS) is 10.8. The number of hydrogen-bond donors (Lipinski definition) is 0. The molecular weight excluding hydrogens is 211 g/mol. The van der Waals surface area contributed by atoms with Crippen LogP contribution >= 0.6 is 34.5 Å². The van der Waals surface area contributed by atoms with Gasteiger partial charge in [-0.05, 0) is 22.4 Å². The number of thiophene rings is 1. The molecule has 0 saturated heterocycles. The standard InChI is InChI=1S/C9H6Cl2S/c10-4-6-5-12-9-7(6)2-1-3-8(9)11/h1-3,5H,4H2. The second-order valence-electron chi connectivity index (χ2n) is 2.51. The third-order valence-electron chi connectivity index (χ3n) is 1.78. The van der Waals surface area contributed by atoms with Crippen molar-refractivity contribution in [1.29, 1.82) is 0 Å². The van der Waals surface area contributed by atoms with Crippen molar-refractivity contribution in [2.75, 3.05) is 0 Å². The van der Waals surface area contributed by atoms with E-state index in [2.05, 4.69) is 11.4 Å². The topological polar surface area (TPSA) is 0 Å². The van der Waals surface area contributed by atoms with Crippen LogP contribution in [0.4, 0.5) is 0 Å². The lowest BCUT2D eigenvalue weighted by Crippen LogP contribution is -1.72. The number of fused-ring (bicyclic) bond motifs is 1. The fourth-order valence-corrected chi connectivity index (χ4v) is 2.78. The molecule has 0 aliphatic heterocycles. The lowest BCUT2D eigenvalue weighted by molar-refractivity contribution is 1.50. The van der Waals surface area contributed by atoms with Crippen LogP contribution < -0.4 is 0 Å². The highest BCUT2D eigenvalue weighted by Crippen LogP contribution is 2.32. The first-order valence-corrected chi connectivity index (χ1v) is 5.32. The molecule has 0 N–H and O–H groups in total. The zero-order valence-corrected chi connectivity index (χ0v) is 8.51. The van der Waals surface area contributed by atoms with E-state index in [0.29, 0.717) is 5.88 Å². The SMILES string of the molecule is ClCc1csc2c(Cl)cccc12. The molecule has 1 aromatic carbocycles. The average Bonchev–Trinajstić information content (AvgIpc) is 2.49. The van der Waals surface area contributed by atoms with Gasteiger partial charge in [-0.2, -0.15) is 0 Å². The van der Waals surface area contributed by atoms with E-state index in [-0.39, 0.29) is 0 Å². The Bertz CT molecular complexity index is 406. The third kappa shape index (κ3) is 1.22. The van der Waals surface area contributed by atoms with E-state index in [0.717, 1.165) is 9.72 Å². The highest BCUT2D eigenvalue weighted by Gasteiger charge is 2.04. The molecule has 0 nitrogen and oxygen atoms in total. The first kappa shape index (κ1) is 8.36. The monoisotopic (exact) mass is 216 g/mol. The van der Waals surface area contributed by atoms with Crippen LogP contribution in [-0.2, 0) is 5.88 Å². The predicted octanol–water partition coefficient (Wildman–Crippen LogP) is 4.29. The lowest BCUT2D eigenvalue weighted by atomic mass is 10.2. The van der Waals surface area contributed by atoms with Gasteiger partial charge >= 0.3 is 0 Å². The molecule has 62 valence electrons. The summed E-state index contributed by atoms with van der Waals surface area (Å²) in [4.78, 5) is 0. The van der Waals surface area contributed by atoms with Gasteiger partial charge in [-0.1, -0.05) is 23.7 Å². The Balaban J connectivity index is 2.80. The molecule has 2 rings (SSSR count). The maximum Gasteiger partial charge on any atom is 0.0584 e. The predicted molar refractivity (Wildman–Crippen MR) is 56.4 cm³/mol. The Labute approximate surface area is 84.7 Å². The number of halogens is 2. The highest BCUT2D eigenvalue weighted by atomic mass is 35.5. The van der Waals surface area contributed by atoms with Gasteiger partial charge in [0.15, 0.2) is 0 Å². The lowest BCUT2D eigenvalue weighted by Gasteiger charge is -1.93. The highest BCUT2D eigenvalue weighted by molar-refractivity contribution is 7.18. The Morgan fingerprint density at radius 2 is 2.17 bits per heavy atom. The minimum Gasteiger partial charge on any atom is -0.142 e. The van der Waals surface area contributed by atoms with Crippen molar-refractivity contribution in [3.8, 4) is 0 Å². The Hall–Kier alpha value is -0.240. The van der Waals surface area contributed by atoms with E-state index in [1.54, 1.807) is 11.3 Å². The van der Waals surface area contributed by atoms with Gasteiger partial charge in [-0.3, -0.25) is 0 Å². The van der Waals surface area contributed by atoms with Gasteiger partial charge in [-0.15, -0.1) is 22.9 Å². The van der Waals surface area contributed by atoms with Crippen LogP contribution in [-0.4, -0.2) is 0 Å². The average molecular weight is 217 g/mol. The summed E-state index contributed by atoms with van der Waals surface area (Å²) in [6.07, 6.45) is 0. The fraction of sp³-hybridized carbons (Fsp3) is 0.111. The molecule has 0 aliphatic carbocycles. The number of benzene rings is 1. The Morgan fingerprint density at radius 1 is 1.33 bits per heavy atom. The van der Waals surface area contributed by atoms with Crippen molar-refractivity contribution in [3.05, 3.63) is 34.2 Å². The maximum absolute atomic E-state index is 5.99. The van der Waals surface area contributed by atoms with E-state index >= 15 is 0 Å². The first-order chi connectivity index (χ1) is 5.83. The summed E-state index contributed by atoms with van der Waals surface area (Å²) in [5.41, 5.74) is 1.17. The van der Waals surface area contributed by atoms with Crippen LogP contribution in [0.2, 0.25) is 5.02 Å². The molecule has 1 heterocycles. The van der Waals surface area contributed by atoms with E-state index in [1.165, 1.54) is 10.9 Å². The molecule has 2 aromatic rings. The zero-order chi connectivity index (χ0) is 8.55. The summed E-state index contributed by atoms with van der Waals surface area (Å²) in [6, 6.07) is 5.90. The molecule has 0 spiro atoms. The van der Waals surface area contributed by atoms with Crippen LogP contribution in [0.5, 0.6) is 0 Å². The largest absolute Gasteiger partial charge is 0.142 e. The molecule has 0 amide bonds. The molecule has 0 atom stereocenters. The third-order valence-corrected chi connectivity index (χ3v) is 3.57. The quantitative estimate of drug-likeness (QED) is 0.625. The summed E-state index contributed by atoms with van der Waals surface area (Å²) in [5.74, 6) is 0.556. The van der Waals surface area contributed by atoms with Crippen molar-refractivity contribution in [1.82, 2.24) is 0 Å². The Morgan fingerprint density at radius 3 is 2.92 bits per heavy atom.